The fourth-order valence-corrected chi connectivity index (χ4v) is 2.05. The van der Waals surface area contributed by atoms with E-state index in [-0.39, 0.29) is 12.3 Å². The first-order valence-electron chi connectivity index (χ1n) is 6.11. The van der Waals surface area contributed by atoms with Crippen molar-refractivity contribution in [3.8, 4) is 5.75 Å². The summed E-state index contributed by atoms with van der Waals surface area (Å²) < 4.78 is 5.56. The number of fused-ring (bicyclic) bond motifs is 1. The number of hydrogen-bond donors (Lipinski definition) is 2. The highest BCUT2D eigenvalue weighted by Gasteiger charge is 2.25. The first kappa shape index (κ1) is 13.4. The molecule has 1 heterocycles. The molecule has 1 atom stereocenters. The van der Waals surface area contributed by atoms with Gasteiger partial charge in [-0.2, -0.15) is 0 Å². The second-order valence-corrected chi connectivity index (χ2v) is 4.49. The van der Waals surface area contributed by atoms with E-state index < -0.39 is 11.9 Å². The molecule has 0 spiro atoms. The molecule has 0 bridgehead atoms. The number of primary amides is 1. The highest BCUT2D eigenvalue weighted by Crippen LogP contribution is 2.22. The highest BCUT2D eigenvalue weighted by molar-refractivity contribution is 5.87. The Morgan fingerprint density at radius 3 is 2.84 bits per heavy atom. The number of hydrogen-bond acceptors (Lipinski definition) is 4. The van der Waals surface area contributed by atoms with Crippen molar-refractivity contribution in [2.75, 3.05) is 13.2 Å². The third kappa shape index (κ3) is 3.23. The minimum absolute atomic E-state index is 0.141. The number of carbonyl (C=O) groups is 2. The molecule has 1 aliphatic heterocycles. The zero-order valence-corrected chi connectivity index (χ0v) is 10.5. The monoisotopic (exact) mass is 263 g/mol. The van der Waals surface area contributed by atoms with Gasteiger partial charge in [-0.25, -0.2) is 0 Å². The van der Waals surface area contributed by atoms with Gasteiger partial charge in [0.25, 0.3) is 0 Å². The van der Waals surface area contributed by atoms with Crippen LogP contribution in [0.25, 0.3) is 0 Å². The van der Waals surface area contributed by atoms with E-state index in [0.29, 0.717) is 19.7 Å². The minimum atomic E-state index is -0.886. The van der Waals surface area contributed by atoms with Gasteiger partial charge in [0.1, 0.15) is 12.4 Å². The van der Waals surface area contributed by atoms with Gasteiger partial charge in [-0.05, 0) is 6.07 Å². The maximum absolute atomic E-state index is 12.1. The van der Waals surface area contributed by atoms with E-state index in [1.807, 2.05) is 24.3 Å². The molecule has 1 aromatic rings. The number of rotatable bonds is 3. The summed E-state index contributed by atoms with van der Waals surface area (Å²) in [7, 11) is 0. The van der Waals surface area contributed by atoms with Crippen LogP contribution in [0.4, 0.5) is 0 Å². The van der Waals surface area contributed by atoms with Crippen molar-refractivity contribution < 1.29 is 14.3 Å². The number of nitrogens with two attached hydrogens (primary N) is 2. The van der Waals surface area contributed by atoms with Crippen molar-refractivity contribution in [1.82, 2.24) is 4.90 Å². The molecule has 0 aliphatic carbocycles. The maximum atomic E-state index is 12.1. The molecule has 1 unspecified atom stereocenters. The molecule has 2 rings (SSSR count). The molecule has 2 amide bonds. The van der Waals surface area contributed by atoms with Crippen LogP contribution >= 0.6 is 0 Å². The smallest absolute Gasteiger partial charge is 0.240 e. The summed E-state index contributed by atoms with van der Waals surface area (Å²) in [5, 5.41) is 0. The van der Waals surface area contributed by atoms with Gasteiger partial charge in [-0.15, -0.1) is 0 Å². The number of benzene rings is 1. The van der Waals surface area contributed by atoms with Crippen molar-refractivity contribution in [2.24, 2.45) is 11.5 Å². The van der Waals surface area contributed by atoms with Crippen LogP contribution in [-0.2, 0) is 16.1 Å². The van der Waals surface area contributed by atoms with Crippen molar-refractivity contribution in [2.45, 2.75) is 19.0 Å². The van der Waals surface area contributed by atoms with Gasteiger partial charge in [0.15, 0.2) is 0 Å². The molecular weight excluding hydrogens is 246 g/mol. The van der Waals surface area contributed by atoms with E-state index in [9.17, 15) is 9.59 Å². The predicted molar refractivity (Wildman–Crippen MR) is 69.1 cm³/mol. The lowest BCUT2D eigenvalue weighted by Gasteiger charge is -2.23. The molecule has 19 heavy (non-hydrogen) atoms. The Kier molecular flexibility index (Phi) is 4.01. The molecule has 0 saturated carbocycles. The Labute approximate surface area is 111 Å². The standard InChI is InChI=1S/C13H17N3O3/c14-10(7-12(15)17)13(18)16-5-6-19-11-4-2-1-3-9(11)8-16/h1-4,10H,5-8,14H2,(H2,15,17). The summed E-state index contributed by atoms with van der Waals surface area (Å²) in [6.07, 6.45) is -0.141. The zero-order chi connectivity index (χ0) is 13.8. The van der Waals surface area contributed by atoms with E-state index >= 15 is 0 Å². The van der Waals surface area contributed by atoms with Gasteiger partial charge in [0.05, 0.1) is 19.0 Å². The Morgan fingerprint density at radius 1 is 1.37 bits per heavy atom. The van der Waals surface area contributed by atoms with E-state index in [0.717, 1.165) is 11.3 Å². The SMILES string of the molecule is NC(=O)CC(N)C(=O)N1CCOc2ccccc2C1. The van der Waals surface area contributed by atoms with Gasteiger partial charge >= 0.3 is 0 Å². The Morgan fingerprint density at radius 2 is 2.11 bits per heavy atom. The van der Waals surface area contributed by atoms with Crippen LogP contribution in [0, 0.1) is 0 Å². The van der Waals surface area contributed by atoms with Crippen LogP contribution < -0.4 is 16.2 Å². The molecule has 102 valence electrons. The van der Waals surface area contributed by atoms with Gasteiger partial charge in [0, 0.05) is 12.1 Å². The summed E-state index contributed by atoms with van der Waals surface area (Å²) in [5.74, 6) is -0.0762. The van der Waals surface area contributed by atoms with Crippen LogP contribution in [0.2, 0.25) is 0 Å². The topological polar surface area (TPSA) is 98.7 Å². The Hall–Kier alpha value is -2.08. The molecule has 0 fully saturated rings. The van der Waals surface area contributed by atoms with Gasteiger partial charge in [-0.3, -0.25) is 9.59 Å². The average molecular weight is 263 g/mol. The molecule has 4 N–H and O–H groups in total. The second kappa shape index (κ2) is 5.71. The van der Waals surface area contributed by atoms with Crippen LogP contribution in [0.5, 0.6) is 5.75 Å². The summed E-state index contributed by atoms with van der Waals surface area (Å²) in [4.78, 5) is 24.5. The van der Waals surface area contributed by atoms with Crippen molar-refractivity contribution >= 4 is 11.8 Å². The van der Waals surface area contributed by atoms with Crippen LogP contribution in [-0.4, -0.2) is 35.9 Å². The average Bonchev–Trinajstić information content (AvgIpc) is 2.58. The van der Waals surface area contributed by atoms with Crippen molar-refractivity contribution in [3.63, 3.8) is 0 Å². The Balaban J connectivity index is 2.09. The van der Waals surface area contributed by atoms with Gasteiger partial charge in [0.2, 0.25) is 11.8 Å². The van der Waals surface area contributed by atoms with Crippen LogP contribution in [0.1, 0.15) is 12.0 Å². The third-order valence-electron chi connectivity index (χ3n) is 3.00. The summed E-state index contributed by atoms with van der Waals surface area (Å²) in [6.45, 7) is 1.29. The summed E-state index contributed by atoms with van der Waals surface area (Å²) in [6, 6.07) is 6.66. The summed E-state index contributed by atoms with van der Waals surface area (Å²) in [5.41, 5.74) is 11.7. The lowest BCUT2D eigenvalue weighted by molar-refractivity contribution is -0.135. The molecule has 0 aromatic heterocycles. The first-order chi connectivity index (χ1) is 9.08. The van der Waals surface area contributed by atoms with Crippen LogP contribution in [0.3, 0.4) is 0 Å². The van der Waals surface area contributed by atoms with E-state index in [1.165, 1.54) is 0 Å². The largest absolute Gasteiger partial charge is 0.491 e. The molecule has 1 aliphatic rings. The number of para-hydroxylation sites is 1. The third-order valence-corrected chi connectivity index (χ3v) is 3.00. The molecule has 0 radical (unpaired) electrons. The van der Waals surface area contributed by atoms with Gasteiger partial charge in [-0.1, -0.05) is 18.2 Å². The first-order valence-corrected chi connectivity index (χ1v) is 6.11. The zero-order valence-electron chi connectivity index (χ0n) is 10.5. The van der Waals surface area contributed by atoms with E-state index in [4.69, 9.17) is 16.2 Å². The second-order valence-electron chi connectivity index (χ2n) is 4.49. The quantitative estimate of drug-likeness (QED) is 0.776. The highest BCUT2D eigenvalue weighted by atomic mass is 16.5. The normalized spacial score (nSPS) is 15.9. The molecule has 6 heteroatoms. The lowest BCUT2D eigenvalue weighted by atomic mass is 10.1. The van der Waals surface area contributed by atoms with Gasteiger partial charge < -0.3 is 21.1 Å². The van der Waals surface area contributed by atoms with Crippen molar-refractivity contribution in [3.05, 3.63) is 29.8 Å². The number of amides is 2. The van der Waals surface area contributed by atoms with E-state index in [2.05, 4.69) is 0 Å². The number of ether oxygens (including phenoxy) is 1. The fourth-order valence-electron chi connectivity index (χ4n) is 2.05. The van der Waals surface area contributed by atoms with Crippen molar-refractivity contribution in [1.29, 1.82) is 0 Å². The number of carbonyl (C=O) groups excluding carboxylic acids is 2. The van der Waals surface area contributed by atoms with E-state index in [1.54, 1.807) is 4.90 Å². The number of nitrogens with zero attached hydrogens (tertiary/aromatic N) is 1. The Bertz CT molecular complexity index is 490. The molecule has 6 nitrogen and oxygen atoms in total. The molecule has 1 aromatic carbocycles. The van der Waals surface area contributed by atoms with Crippen LogP contribution in [0.15, 0.2) is 24.3 Å². The fraction of sp³-hybridized carbons (Fsp3) is 0.385. The maximum Gasteiger partial charge on any atom is 0.240 e. The summed E-state index contributed by atoms with van der Waals surface area (Å²) >= 11 is 0. The molecular formula is C13H17N3O3. The predicted octanol–water partition coefficient (Wildman–Crippen LogP) is -0.390. The minimum Gasteiger partial charge on any atom is -0.491 e. The molecule has 0 saturated heterocycles. The lowest BCUT2D eigenvalue weighted by Crippen LogP contribution is -2.46.